The molecule has 2 aliphatic heterocycles. The van der Waals surface area contributed by atoms with Gasteiger partial charge in [-0.2, -0.15) is 0 Å². The molecule has 0 aliphatic carbocycles. The Morgan fingerprint density at radius 1 is 0.682 bits per heavy atom. The monoisotopic (exact) mass is 325 g/mol. The summed E-state index contributed by atoms with van der Waals surface area (Å²) in [5.74, 6) is 0. The summed E-state index contributed by atoms with van der Waals surface area (Å²) in [7, 11) is 0. The zero-order valence-corrected chi connectivity index (χ0v) is 11.5. The van der Waals surface area contributed by atoms with Gasteiger partial charge in [-0.1, -0.05) is 0 Å². The van der Waals surface area contributed by atoms with Crippen molar-refractivity contribution in [3.8, 4) is 0 Å². The van der Waals surface area contributed by atoms with Crippen LogP contribution in [-0.4, -0.2) is 109 Å². The molecule has 1 radical (unpaired) electrons. The van der Waals surface area contributed by atoms with Gasteiger partial charge in [-0.25, -0.2) is 0 Å². The van der Waals surface area contributed by atoms with Gasteiger partial charge in [0, 0.05) is 0 Å². The topological polar surface area (TPSA) is 180 Å². The highest BCUT2D eigenvalue weighted by molar-refractivity contribution is 5.11. The van der Waals surface area contributed by atoms with Gasteiger partial charge in [0.15, 0.2) is 6.10 Å². The SMILES string of the molecule is OC[C@H]1O[C]([C@@H]2O[C@H](CO)[C@@H](O)[C@H](O)[C@H]2O)[C@H](O)[C@@H](O)[C@H]1O. The number of hydrogen-bond donors (Lipinski definition) is 8. The molecule has 2 saturated heterocycles. The minimum absolute atomic E-state index is 0.409. The Bertz CT molecular complexity index is 330. The van der Waals surface area contributed by atoms with E-state index >= 15 is 0 Å². The maximum Gasteiger partial charge on any atom is 0.160 e. The first-order valence-electron chi connectivity index (χ1n) is 6.82. The summed E-state index contributed by atoms with van der Waals surface area (Å²) in [5.41, 5.74) is 0. The Morgan fingerprint density at radius 3 is 1.77 bits per heavy atom. The van der Waals surface area contributed by atoms with Gasteiger partial charge in [0.1, 0.15) is 54.9 Å². The molecule has 10 heteroatoms. The van der Waals surface area contributed by atoms with Crippen LogP contribution in [0.5, 0.6) is 0 Å². The lowest BCUT2D eigenvalue weighted by Crippen LogP contribution is -2.65. The van der Waals surface area contributed by atoms with Gasteiger partial charge in [0.25, 0.3) is 0 Å². The molecule has 0 saturated carbocycles. The van der Waals surface area contributed by atoms with Crippen LogP contribution in [0.4, 0.5) is 0 Å². The predicted octanol–water partition coefficient (Wildman–Crippen LogP) is -5.17. The molecule has 2 heterocycles. The second-order valence-corrected chi connectivity index (χ2v) is 5.42. The van der Waals surface area contributed by atoms with E-state index in [4.69, 9.17) is 19.7 Å². The van der Waals surface area contributed by atoms with E-state index in [9.17, 15) is 30.6 Å². The van der Waals surface area contributed by atoms with Crippen molar-refractivity contribution in [2.45, 2.75) is 54.9 Å². The summed E-state index contributed by atoms with van der Waals surface area (Å²) in [5, 5.41) is 77.0. The van der Waals surface area contributed by atoms with Gasteiger partial charge in [-0.05, 0) is 0 Å². The van der Waals surface area contributed by atoms with E-state index in [1.807, 2.05) is 0 Å². The summed E-state index contributed by atoms with van der Waals surface area (Å²) >= 11 is 0. The average molecular weight is 325 g/mol. The van der Waals surface area contributed by atoms with E-state index in [0.717, 1.165) is 0 Å². The Balaban J connectivity index is 2.21. The van der Waals surface area contributed by atoms with Crippen LogP contribution in [0.1, 0.15) is 0 Å². The van der Waals surface area contributed by atoms with E-state index in [-0.39, 0.29) is 0 Å². The van der Waals surface area contributed by atoms with E-state index in [0.29, 0.717) is 0 Å². The largest absolute Gasteiger partial charge is 0.394 e. The Morgan fingerprint density at radius 2 is 1.23 bits per heavy atom. The van der Waals surface area contributed by atoms with Gasteiger partial charge >= 0.3 is 0 Å². The Hall–Kier alpha value is -0.400. The van der Waals surface area contributed by atoms with Crippen LogP contribution in [0.2, 0.25) is 0 Å². The summed E-state index contributed by atoms with van der Waals surface area (Å²) in [6.07, 6.45) is -14.3. The van der Waals surface area contributed by atoms with Crippen molar-refractivity contribution in [3.05, 3.63) is 6.10 Å². The van der Waals surface area contributed by atoms with Crippen LogP contribution >= 0.6 is 0 Å². The third-order valence-corrected chi connectivity index (χ3v) is 3.99. The van der Waals surface area contributed by atoms with Crippen molar-refractivity contribution in [1.29, 1.82) is 0 Å². The second-order valence-electron chi connectivity index (χ2n) is 5.42. The molecule has 0 spiro atoms. The molecular weight excluding hydrogens is 304 g/mol. The van der Waals surface area contributed by atoms with Gasteiger partial charge in [-0.15, -0.1) is 0 Å². The summed E-state index contributed by atoms with van der Waals surface area (Å²) in [4.78, 5) is 0. The van der Waals surface area contributed by atoms with Crippen molar-refractivity contribution < 1.29 is 50.3 Å². The smallest absolute Gasteiger partial charge is 0.160 e. The van der Waals surface area contributed by atoms with Crippen molar-refractivity contribution in [2.24, 2.45) is 0 Å². The summed E-state index contributed by atoms with van der Waals surface area (Å²) in [6.45, 7) is -1.34. The van der Waals surface area contributed by atoms with E-state index in [1.54, 1.807) is 0 Å². The lowest BCUT2D eigenvalue weighted by atomic mass is 9.86. The quantitative estimate of drug-likeness (QED) is 0.250. The molecule has 0 unspecified atom stereocenters. The Kier molecular flexibility index (Phi) is 5.72. The third kappa shape index (κ3) is 2.99. The molecule has 0 aromatic rings. The van der Waals surface area contributed by atoms with E-state index in [2.05, 4.69) is 0 Å². The average Bonchev–Trinajstić information content (AvgIpc) is 2.52. The summed E-state index contributed by atoms with van der Waals surface area (Å²) in [6, 6.07) is 0. The molecule has 129 valence electrons. The van der Waals surface area contributed by atoms with Crippen molar-refractivity contribution in [1.82, 2.24) is 0 Å². The molecule has 0 aromatic carbocycles. The molecule has 9 atom stereocenters. The fourth-order valence-electron chi connectivity index (χ4n) is 2.61. The lowest BCUT2D eigenvalue weighted by Gasteiger charge is -2.47. The van der Waals surface area contributed by atoms with E-state index in [1.165, 1.54) is 0 Å². The third-order valence-electron chi connectivity index (χ3n) is 3.99. The minimum atomic E-state index is -1.75. The minimum Gasteiger partial charge on any atom is -0.394 e. The van der Waals surface area contributed by atoms with Gasteiger partial charge in [-0.3, -0.25) is 0 Å². The molecule has 2 rings (SSSR count). The predicted molar refractivity (Wildman–Crippen MR) is 67.0 cm³/mol. The van der Waals surface area contributed by atoms with Crippen LogP contribution in [0.15, 0.2) is 0 Å². The number of ether oxygens (including phenoxy) is 2. The van der Waals surface area contributed by atoms with Crippen LogP contribution in [0, 0.1) is 6.10 Å². The highest BCUT2D eigenvalue weighted by atomic mass is 16.6. The summed E-state index contributed by atoms with van der Waals surface area (Å²) < 4.78 is 10.4. The first kappa shape index (κ1) is 17.9. The van der Waals surface area contributed by atoms with Gasteiger partial charge in [0.05, 0.1) is 13.2 Å². The highest BCUT2D eigenvalue weighted by Crippen LogP contribution is 2.35. The molecule has 8 N–H and O–H groups in total. The Labute approximate surface area is 125 Å². The first-order chi connectivity index (χ1) is 10.3. The first-order valence-corrected chi connectivity index (χ1v) is 6.82. The van der Waals surface area contributed by atoms with Crippen LogP contribution in [0.25, 0.3) is 0 Å². The molecule has 10 nitrogen and oxygen atoms in total. The molecular formula is C12H21O10. The van der Waals surface area contributed by atoms with Crippen molar-refractivity contribution >= 4 is 0 Å². The highest BCUT2D eigenvalue weighted by Gasteiger charge is 2.54. The maximum atomic E-state index is 9.97. The molecule has 0 bridgehead atoms. The van der Waals surface area contributed by atoms with Crippen LogP contribution in [-0.2, 0) is 9.47 Å². The molecule has 2 fully saturated rings. The zero-order valence-electron chi connectivity index (χ0n) is 11.5. The number of rotatable bonds is 3. The number of aliphatic hydroxyl groups excluding tert-OH is 8. The second kappa shape index (κ2) is 7.01. The standard InChI is InChI=1S/C12H21O10/c13-1-3-5(15)7(17)9(19)11(21-3)12-10(20)8(18)6(16)4(2-14)22-12/h3-11,13-20H,1-2H2/t3-,4-,5-,6+,7+,8+,9-,10-,11-/m1/s1. The maximum absolute atomic E-state index is 9.97. The lowest BCUT2D eigenvalue weighted by molar-refractivity contribution is -0.269. The molecule has 22 heavy (non-hydrogen) atoms. The van der Waals surface area contributed by atoms with Gasteiger partial charge < -0.3 is 50.3 Å². The van der Waals surface area contributed by atoms with E-state index < -0.39 is 74.3 Å². The van der Waals surface area contributed by atoms with Gasteiger partial charge in [0.2, 0.25) is 0 Å². The number of hydrogen-bond acceptors (Lipinski definition) is 10. The molecule has 2 aliphatic rings. The fraction of sp³-hybridized carbons (Fsp3) is 0.917. The van der Waals surface area contributed by atoms with Crippen molar-refractivity contribution in [2.75, 3.05) is 13.2 Å². The number of aliphatic hydroxyl groups is 8. The normalized spacial score (nSPS) is 51.0. The zero-order chi connectivity index (χ0) is 16.6. The van der Waals surface area contributed by atoms with Crippen molar-refractivity contribution in [3.63, 3.8) is 0 Å². The van der Waals surface area contributed by atoms with Crippen LogP contribution in [0.3, 0.4) is 0 Å². The molecule has 0 aromatic heterocycles. The molecule has 0 amide bonds. The van der Waals surface area contributed by atoms with Crippen LogP contribution < -0.4 is 0 Å². The fourth-order valence-corrected chi connectivity index (χ4v) is 2.61.